The lowest BCUT2D eigenvalue weighted by atomic mass is 10.4. The average Bonchev–Trinajstić information content (AvgIpc) is 2.74. The maximum Gasteiger partial charge on any atom is 0.182 e. The van der Waals surface area contributed by atoms with Gasteiger partial charge in [-0.05, 0) is 6.42 Å². The Balaban J connectivity index is 2.59. The number of hydrogen-bond acceptors (Lipinski definition) is 7. The van der Waals surface area contributed by atoms with Crippen molar-refractivity contribution < 1.29 is 8.42 Å². The van der Waals surface area contributed by atoms with Crippen LogP contribution in [0.2, 0.25) is 0 Å². The molecule has 0 unspecified atom stereocenters. The minimum atomic E-state index is -3.50. The molecule has 2 aromatic rings. The summed E-state index contributed by atoms with van der Waals surface area (Å²) in [7, 11) is -3.50. The van der Waals surface area contributed by atoms with Gasteiger partial charge < -0.3 is 11.1 Å². The van der Waals surface area contributed by atoms with Crippen LogP contribution in [0, 0.1) is 0 Å². The lowest BCUT2D eigenvalue weighted by Crippen LogP contribution is -2.07. The molecule has 0 fully saturated rings. The van der Waals surface area contributed by atoms with Crippen molar-refractivity contribution in [2.45, 2.75) is 18.2 Å². The summed E-state index contributed by atoms with van der Waals surface area (Å²) in [6.07, 6.45) is 6.38. The average molecular weight is 296 g/mol. The summed E-state index contributed by atoms with van der Waals surface area (Å²) in [5.74, 6) is 0.614. The fourth-order valence-corrected chi connectivity index (χ4v) is 2.65. The molecule has 2 aromatic heterocycles. The highest BCUT2D eigenvalue weighted by Crippen LogP contribution is 2.28. The van der Waals surface area contributed by atoms with Gasteiger partial charge in [0, 0.05) is 25.2 Å². The molecule has 0 saturated carbocycles. The van der Waals surface area contributed by atoms with Crippen LogP contribution in [-0.2, 0) is 9.84 Å². The first-order chi connectivity index (χ1) is 9.45. The van der Waals surface area contributed by atoms with E-state index in [1.807, 2.05) is 6.92 Å². The molecule has 0 atom stereocenters. The van der Waals surface area contributed by atoms with Crippen LogP contribution in [0.4, 0.5) is 11.6 Å². The molecule has 2 heterocycles. The Hall–Kier alpha value is -2.16. The molecule has 0 radical (unpaired) electrons. The van der Waals surface area contributed by atoms with Gasteiger partial charge in [-0.25, -0.2) is 13.4 Å². The summed E-state index contributed by atoms with van der Waals surface area (Å²) in [6.45, 7) is 2.57. The van der Waals surface area contributed by atoms with E-state index in [0.29, 0.717) is 12.4 Å². The highest BCUT2D eigenvalue weighted by atomic mass is 32.2. The fourth-order valence-electron chi connectivity index (χ4n) is 1.72. The van der Waals surface area contributed by atoms with Crippen molar-refractivity contribution >= 4 is 21.5 Å². The molecule has 0 aliphatic carbocycles. The number of aromatic nitrogens is 4. The molecule has 9 heteroatoms. The minimum absolute atomic E-state index is 0.0170. The maximum atomic E-state index is 11.9. The molecule has 0 bridgehead atoms. The Labute approximate surface area is 117 Å². The number of nitrogen functional groups attached to an aromatic ring is 1. The number of rotatable bonds is 5. The van der Waals surface area contributed by atoms with Gasteiger partial charge in [-0.1, -0.05) is 6.92 Å². The molecular weight excluding hydrogens is 280 g/mol. The van der Waals surface area contributed by atoms with Gasteiger partial charge in [-0.3, -0.25) is 4.98 Å². The second-order valence-corrected chi connectivity index (χ2v) is 6.19. The van der Waals surface area contributed by atoms with Gasteiger partial charge in [0.05, 0.1) is 6.20 Å². The van der Waals surface area contributed by atoms with E-state index < -0.39 is 9.84 Å². The van der Waals surface area contributed by atoms with E-state index in [-0.39, 0.29) is 16.5 Å². The van der Waals surface area contributed by atoms with Crippen molar-refractivity contribution in [3.63, 3.8) is 0 Å². The van der Waals surface area contributed by atoms with Gasteiger partial charge in [0.1, 0.15) is 5.82 Å². The lowest BCUT2D eigenvalue weighted by Gasteiger charge is -2.02. The molecule has 2 rings (SSSR count). The molecule has 0 aromatic carbocycles. The first-order valence-electron chi connectivity index (χ1n) is 6.04. The quantitative estimate of drug-likeness (QED) is 0.823. The third-order valence-electron chi connectivity index (χ3n) is 2.56. The maximum absolute atomic E-state index is 11.9. The van der Waals surface area contributed by atoms with Crippen molar-refractivity contribution in [2.75, 3.05) is 23.9 Å². The van der Waals surface area contributed by atoms with Crippen molar-refractivity contribution in [3.05, 3.63) is 18.6 Å². The smallest absolute Gasteiger partial charge is 0.182 e. The zero-order valence-electron chi connectivity index (χ0n) is 11.2. The fraction of sp³-hybridized carbons (Fsp3) is 0.364. The number of nitrogens with one attached hydrogen (secondary N) is 1. The second kappa shape index (κ2) is 5.45. The number of anilines is 2. The van der Waals surface area contributed by atoms with Gasteiger partial charge >= 0.3 is 0 Å². The Morgan fingerprint density at radius 2 is 2.15 bits per heavy atom. The van der Waals surface area contributed by atoms with E-state index in [0.717, 1.165) is 12.7 Å². The molecule has 0 spiro atoms. The second-order valence-electron chi connectivity index (χ2n) is 4.24. The topological polar surface area (TPSA) is 116 Å². The van der Waals surface area contributed by atoms with E-state index in [4.69, 9.17) is 5.73 Å². The van der Waals surface area contributed by atoms with Gasteiger partial charge in [-0.2, -0.15) is 4.68 Å². The third kappa shape index (κ3) is 2.72. The van der Waals surface area contributed by atoms with Crippen LogP contribution in [-0.4, -0.2) is 41.0 Å². The first kappa shape index (κ1) is 14.3. The summed E-state index contributed by atoms with van der Waals surface area (Å²) in [4.78, 5) is 7.96. The Kier molecular flexibility index (Phi) is 3.89. The van der Waals surface area contributed by atoms with Gasteiger partial charge in [-0.15, -0.1) is 5.10 Å². The van der Waals surface area contributed by atoms with Gasteiger partial charge in [0.15, 0.2) is 26.4 Å². The summed E-state index contributed by atoms with van der Waals surface area (Å²) in [5.41, 5.74) is 5.91. The summed E-state index contributed by atoms with van der Waals surface area (Å²) >= 11 is 0. The van der Waals surface area contributed by atoms with Crippen molar-refractivity contribution in [3.8, 4) is 5.82 Å². The largest absolute Gasteiger partial charge is 0.382 e. The highest BCUT2D eigenvalue weighted by Gasteiger charge is 2.25. The molecular formula is C11H16N6O2S. The molecule has 8 nitrogen and oxygen atoms in total. The van der Waals surface area contributed by atoms with Crippen LogP contribution in [0.5, 0.6) is 0 Å². The summed E-state index contributed by atoms with van der Waals surface area (Å²) in [5, 5.41) is 7.14. The van der Waals surface area contributed by atoms with Crippen LogP contribution in [0.3, 0.4) is 0 Å². The zero-order valence-corrected chi connectivity index (χ0v) is 12.1. The Bertz CT molecular complexity index is 695. The standard InChI is InChI=1S/C11H16N6O2S/c1-3-4-15-11-9(20(2,18)19)10(12)17(16-11)8-7-13-5-6-14-8/h5-7H,3-4,12H2,1-2H3,(H,15,16). The monoisotopic (exact) mass is 296 g/mol. The molecule has 0 aliphatic rings. The van der Waals surface area contributed by atoms with Crippen LogP contribution < -0.4 is 11.1 Å². The molecule has 0 amide bonds. The normalized spacial score (nSPS) is 11.5. The SMILES string of the molecule is CCCNc1nn(-c2cnccn2)c(N)c1S(C)(=O)=O. The van der Waals surface area contributed by atoms with Crippen LogP contribution in [0.25, 0.3) is 5.82 Å². The minimum Gasteiger partial charge on any atom is -0.382 e. The molecule has 20 heavy (non-hydrogen) atoms. The predicted octanol–water partition coefficient (Wildman–Crippen LogP) is 0.470. The number of sulfone groups is 1. The van der Waals surface area contributed by atoms with Crippen LogP contribution >= 0.6 is 0 Å². The molecule has 0 saturated heterocycles. The number of nitrogens with zero attached hydrogens (tertiary/aromatic N) is 4. The Morgan fingerprint density at radius 1 is 1.40 bits per heavy atom. The highest BCUT2D eigenvalue weighted by molar-refractivity contribution is 7.91. The predicted molar refractivity (Wildman–Crippen MR) is 75.5 cm³/mol. The van der Waals surface area contributed by atoms with E-state index in [2.05, 4.69) is 20.4 Å². The van der Waals surface area contributed by atoms with E-state index in [1.54, 1.807) is 0 Å². The van der Waals surface area contributed by atoms with Crippen molar-refractivity contribution in [2.24, 2.45) is 0 Å². The van der Waals surface area contributed by atoms with Crippen molar-refractivity contribution in [1.82, 2.24) is 19.7 Å². The van der Waals surface area contributed by atoms with Crippen LogP contribution in [0.15, 0.2) is 23.5 Å². The summed E-state index contributed by atoms with van der Waals surface area (Å²) < 4.78 is 25.0. The van der Waals surface area contributed by atoms with E-state index in [1.165, 1.54) is 23.3 Å². The van der Waals surface area contributed by atoms with Gasteiger partial charge in [0.2, 0.25) is 0 Å². The van der Waals surface area contributed by atoms with E-state index >= 15 is 0 Å². The molecule has 108 valence electrons. The third-order valence-corrected chi connectivity index (χ3v) is 3.70. The van der Waals surface area contributed by atoms with Gasteiger partial charge in [0.25, 0.3) is 0 Å². The van der Waals surface area contributed by atoms with E-state index in [9.17, 15) is 8.42 Å². The summed E-state index contributed by atoms with van der Waals surface area (Å²) in [6, 6.07) is 0. The molecule has 3 N–H and O–H groups in total. The number of nitrogens with two attached hydrogens (primary N) is 1. The molecule has 0 aliphatic heterocycles. The first-order valence-corrected chi connectivity index (χ1v) is 7.93. The van der Waals surface area contributed by atoms with Crippen molar-refractivity contribution in [1.29, 1.82) is 0 Å². The Morgan fingerprint density at radius 3 is 2.70 bits per heavy atom. The number of hydrogen-bond donors (Lipinski definition) is 2. The van der Waals surface area contributed by atoms with Crippen LogP contribution in [0.1, 0.15) is 13.3 Å². The lowest BCUT2D eigenvalue weighted by molar-refractivity contribution is 0.602. The zero-order chi connectivity index (χ0) is 14.8.